The molecule has 1 aliphatic rings. The van der Waals surface area contributed by atoms with Crippen LogP contribution in [0.2, 0.25) is 0 Å². The highest BCUT2D eigenvalue weighted by Gasteiger charge is 2.27. The topological polar surface area (TPSA) is 78.2 Å². The molecule has 2 heterocycles. The summed E-state index contributed by atoms with van der Waals surface area (Å²) in [4.78, 5) is 23.8. The van der Waals surface area contributed by atoms with Crippen molar-refractivity contribution in [2.45, 2.75) is 44.9 Å². The van der Waals surface area contributed by atoms with E-state index in [1.807, 2.05) is 0 Å². The maximum absolute atomic E-state index is 12.1. The minimum Gasteiger partial charge on any atom is -0.370 e. The molecule has 0 bridgehead atoms. The van der Waals surface area contributed by atoms with E-state index in [2.05, 4.69) is 15.2 Å². The highest BCUT2D eigenvalue weighted by atomic mass is 19.4. The molecule has 2 rings (SSSR count). The third-order valence-corrected chi connectivity index (χ3v) is 3.41. The number of fused-ring (bicyclic) bond motifs is 1. The zero-order valence-corrected chi connectivity index (χ0v) is 12.6. The van der Waals surface area contributed by atoms with Gasteiger partial charge in [-0.3, -0.25) is 9.36 Å². The van der Waals surface area contributed by atoms with E-state index in [0.29, 0.717) is 18.8 Å². The van der Waals surface area contributed by atoms with E-state index < -0.39 is 18.7 Å². The molecule has 1 aliphatic heterocycles. The second-order valence-electron chi connectivity index (χ2n) is 5.34. The number of ether oxygens (including phenoxy) is 1. The van der Waals surface area contributed by atoms with Gasteiger partial charge in [0.05, 0.1) is 6.61 Å². The van der Waals surface area contributed by atoms with Gasteiger partial charge >= 0.3 is 11.9 Å². The van der Waals surface area contributed by atoms with Gasteiger partial charge in [0.25, 0.3) is 0 Å². The molecule has 0 atom stereocenters. The molecule has 0 saturated carbocycles. The molecule has 0 unspecified atom stereocenters. The summed E-state index contributed by atoms with van der Waals surface area (Å²) in [5.74, 6) is 0.185. The van der Waals surface area contributed by atoms with Crippen LogP contribution in [0.25, 0.3) is 0 Å². The Morgan fingerprint density at radius 3 is 2.83 bits per heavy atom. The number of aromatic nitrogens is 3. The van der Waals surface area contributed by atoms with Crippen LogP contribution in [0.1, 0.15) is 25.1 Å². The van der Waals surface area contributed by atoms with Crippen molar-refractivity contribution in [1.82, 2.24) is 19.7 Å². The molecule has 1 aromatic heterocycles. The van der Waals surface area contributed by atoms with Crippen molar-refractivity contribution in [3.8, 4) is 0 Å². The number of carbonyl (C=O) groups excluding carboxylic acids is 1. The quantitative estimate of drug-likeness (QED) is 0.766. The average molecular weight is 336 g/mol. The zero-order valence-electron chi connectivity index (χ0n) is 12.6. The molecule has 1 amide bonds. The third kappa shape index (κ3) is 5.38. The molecule has 0 aliphatic carbocycles. The number of halogens is 3. The van der Waals surface area contributed by atoms with Gasteiger partial charge in [-0.05, 0) is 12.8 Å². The number of hydrogen-bond donors (Lipinski definition) is 1. The molecule has 23 heavy (non-hydrogen) atoms. The lowest BCUT2D eigenvalue weighted by Crippen LogP contribution is -2.35. The zero-order chi connectivity index (χ0) is 16.9. The first-order valence-corrected chi connectivity index (χ1v) is 7.44. The fraction of sp³-hybridized carbons (Fsp3) is 0.769. The van der Waals surface area contributed by atoms with Crippen LogP contribution in [-0.4, -0.2) is 46.2 Å². The van der Waals surface area contributed by atoms with Gasteiger partial charge in [-0.1, -0.05) is 6.42 Å². The first-order valence-electron chi connectivity index (χ1n) is 7.44. The Balaban J connectivity index is 1.79. The normalized spacial score (nSPS) is 15.1. The molecule has 0 spiro atoms. The average Bonchev–Trinajstić information content (AvgIpc) is 2.64. The fourth-order valence-electron chi connectivity index (χ4n) is 2.37. The van der Waals surface area contributed by atoms with E-state index >= 15 is 0 Å². The van der Waals surface area contributed by atoms with E-state index in [0.717, 1.165) is 23.9 Å². The molecule has 1 N–H and O–H groups in total. The fourth-order valence-corrected chi connectivity index (χ4v) is 2.37. The van der Waals surface area contributed by atoms with Gasteiger partial charge < -0.3 is 10.1 Å². The Morgan fingerprint density at radius 2 is 2.09 bits per heavy atom. The lowest BCUT2D eigenvalue weighted by atomic mass is 10.2. The van der Waals surface area contributed by atoms with Crippen LogP contribution >= 0.6 is 0 Å². The van der Waals surface area contributed by atoms with Crippen LogP contribution in [-0.2, 0) is 29.0 Å². The van der Waals surface area contributed by atoms with Crippen LogP contribution in [0.15, 0.2) is 4.79 Å². The van der Waals surface area contributed by atoms with Crippen molar-refractivity contribution < 1.29 is 22.7 Å². The van der Waals surface area contributed by atoms with Gasteiger partial charge in [0.1, 0.15) is 19.0 Å². The van der Waals surface area contributed by atoms with E-state index in [9.17, 15) is 22.8 Å². The van der Waals surface area contributed by atoms with Crippen molar-refractivity contribution in [2.75, 3.05) is 19.8 Å². The standard InChI is InChI=1S/C13H19F3N4O3/c14-13(15,16)9-23-7-5-17-11(21)8-20-12(22)19-6-3-1-2-4-10(19)18-20/h1-9H2,(H,17,21). The van der Waals surface area contributed by atoms with E-state index in [1.165, 1.54) is 0 Å². The summed E-state index contributed by atoms with van der Waals surface area (Å²) in [6, 6.07) is 0. The molecule has 7 nitrogen and oxygen atoms in total. The molecule has 0 aromatic carbocycles. The summed E-state index contributed by atoms with van der Waals surface area (Å²) in [6.07, 6.45) is -0.775. The van der Waals surface area contributed by atoms with Gasteiger partial charge in [0.2, 0.25) is 5.91 Å². The summed E-state index contributed by atoms with van der Waals surface area (Å²) < 4.78 is 42.6. The first kappa shape index (κ1) is 17.5. The summed E-state index contributed by atoms with van der Waals surface area (Å²) in [6.45, 7) is -1.31. The highest BCUT2D eigenvalue weighted by Crippen LogP contribution is 2.14. The van der Waals surface area contributed by atoms with E-state index in [-0.39, 0.29) is 25.4 Å². The molecule has 130 valence electrons. The summed E-state index contributed by atoms with van der Waals surface area (Å²) in [5, 5.41) is 6.55. The SMILES string of the molecule is O=C(Cn1nc2n(c1=O)CCCCC2)NCCOCC(F)(F)F. The molecular formula is C13H19F3N4O3. The Bertz CT molecular complexity index is 594. The number of alkyl halides is 3. The van der Waals surface area contributed by atoms with Gasteiger partial charge in [0.15, 0.2) is 0 Å². The molecule has 10 heteroatoms. The van der Waals surface area contributed by atoms with Gasteiger partial charge in [-0.25, -0.2) is 9.48 Å². The summed E-state index contributed by atoms with van der Waals surface area (Å²) >= 11 is 0. The minimum atomic E-state index is -4.38. The van der Waals surface area contributed by atoms with Crippen molar-refractivity contribution in [2.24, 2.45) is 0 Å². The van der Waals surface area contributed by atoms with Crippen LogP contribution in [0.5, 0.6) is 0 Å². The molecule has 0 saturated heterocycles. The van der Waals surface area contributed by atoms with Crippen LogP contribution < -0.4 is 11.0 Å². The summed E-state index contributed by atoms with van der Waals surface area (Å²) in [7, 11) is 0. The predicted molar refractivity (Wildman–Crippen MR) is 73.9 cm³/mol. The monoisotopic (exact) mass is 336 g/mol. The lowest BCUT2D eigenvalue weighted by molar-refractivity contribution is -0.173. The van der Waals surface area contributed by atoms with E-state index in [1.54, 1.807) is 4.57 Å². The third-order valence-electron chi connectivity index (χ3n) is 3.41. The highest BCUT2D eigenvalue weighted by molar-refractivity contribution is 5.75. The maximum atomic E-state index is 12.1. The van der Waals surface area contributed by atoms with Gasteiger partial charge in [-0.2, -0.15) is 18.3 Å². The number of aryl methyl sites for hydroxylation is 1. The predicted octanol–water partition coefficient (Wildman–Crippen LogP) is 0.466. The van der Waals surface area contributed by atoms with Gasteiger partial charge in [-0.15, -0.1) is 0 Å². The molecule has 0 fully saturated rings. The van der Waals surface area contributed by atoms with Crippen molar-refractivity contribution >= 4 is 5.91 Å². The molecule has 1 aromatic rings. The second kappa shape index (κ2) is 7.62. The van der Waals surface area contributed by atoms with Crippen molar-refractivity contribution in [3.63, 3.8) is 0 Å². The van der Waals surface area contributed by atoms with Crippen LogP contribution in [0, 0.1) is 0 Å². The number of rotatable bonds is 6. The molecular weight excluding hydrogens is 317 g/mol. The lowest BCUT2D eigenvalue weighted by Gasteiger charge is -2.08. The summed E-state index contributed by atoms with van der Waals surface area (Å²) in [5.41, 5.74) is -0.328. The smallest absolute Gasteiger partial charge is 0.370 e. The van der Waals surface area contributed by atoms with Crippen LogP contribution in [0.3, 0.4) is 0 Å². The molecule has 0 radical (unpaired) electrons. The van der Waals surface area contributed by atoms with Crippen molar-refractivity contribution in [3.05, 3.63) is 16.3 Å². The second-order valence-corrected chi connectivity index (χ2v) is 5.34. The Hall–Kier alpha value is -1.84. The number of hydrogen-bond acceptors (Lipinski definition) is 4. The van der Waals surface area contributed by atoms with Crippen LogP contribution in [0.4, 0.5) is 13.2 Å². The van der Waals surface area contributed by atoms with E-state index in [4.69, 9.17) is 0 Å². The van der Waals surface area contributed by atoms with Gasteiger partial charge in [0, 0.05) is 19.5 Å². The number of nitrogens with zero attached hydrogens (tertiary/aromatic N) is 3. The Morgan fingerprint density at radius 1 is 1.30 bits per heavy atom. The minimum absolute atomic E-state index is 0.0583. The Labute approximate surface area is 130 Å². The maximum Gasteiger partial charge on any atom is 0.411 e. The number of amides is 1. The Kier molecular flexibility index (Phi) is 5.80. The first-order chi connectivity index (χ1) is 10.9. The van der Waals surface area contributed by atoms with Crippen molar-refractivity contribution in [1.29, 1.82) is 0 Å². The largest absolute Gasteiger partial charge is 0.411 e. The number of nitrogens with one attached hydrogen (secondary N) is 1. The number of carbonyl (C=O) groups is 1.